The van der Waals surface area contributed by atoms with Crippen LogP contribution >= 0.6 is 0 Å². The molecule has 0 radical (unpaired) electrons. The molecule has 0 spiro atoms. The number of aromatic nitrogens is 4. The molecule has 0 saturated heterocycles. The van der Waals surface area contributed by atoms with Crippen LogP contribution in [0.5, 0.6) is 0 Å². The number of unbranched alkanes of at least 4 members (excludes halogenated alkanes) is 1. The number of hydrogen-bond acceptors (Lipinski definition) is 5. The van der Waals surface area contributed by atoms with E-state index in [1.807, 2.05) is 4.90 Å². The van der Waals surface area contributed by atoms with Crippen molar-refractivity contribution in [3.05, 3.63) is 36.4 Å². The highest BCUT2D eigenvalue weighted by Crippen LogP contribution is 2.28. The van der Waals surface area contributed by atoms with Gasteiger partial charge in [-0.3, -0.25) is 4.79 Å². The summed E-state index contributed by atoms with van der Waals surface area (Å²) < 4.78 is 0. The third kappa shape index (κ3) is 8.27. The molecule has 1 fully saturated rings. The Hall–Kier alpha value is -2.19. The summed E-state index contributed by atoms with van der Waals surface area (Å²) in [5.41, 5.74) is 0. The fourth-order valence-corrected chi connectivity index (χ4v) is 4.95. The lowest BCUT2D eigenvalue weighted by molar-refractivity contribution is 0.0570. The molecule has 0 unspecified atom stereocenters. The summed E-state index contributed by atoms with van der Waals surface area (Å²) in [6, 6.07) is 0.229. The Balaban J connectivity index is 1.38. The number of nitrogens with zero attached hydrogens (tertiary/aromatic N) is 4. The van der Waals surface area contributed by atoms with Crippen molar-refractivity contribution in [3.8, 4) is 0 Å². The zero-order valence-electron chi connectivity index (χ0n) is 20.6. The monoisotopic (exact) mass is 457 g/mol. The van der Waals surface area contributed by atoms with E-state index in [-0.39, 0.29) is 11.9 Å². The second-order valence-corrected chi connectivity index (χ2v) is 9.33. The van der Waals surface area contributed by atoms with E-state index in [1.54, 1.807) is 24.8 Å². The quantitative estimate of drug-likeness (QED) is 0.354. The van der Waals surface area contributed by atoms with E-state index >= 15 is 0 Å². The topological polar surface area (TPSA) is 92.9 Å². The zero-order valence-corrected chi connectivity index (χ0v) is 20.6. The molecule has 1 aliphatic carbocycles. The molecule has 0 aromatic carbocycles. The van der Waals surface area contributed by atoms with Gasteiger partial charge in [-0.25, -0.2) is 9.97 Å². The zero-order chi connectivity index (χ0) is 23.3. The number of imidazole rings is 2. The van der Waals surface area contributed by atoms with Gasteiger partial charge in [0.1, 0.15) is 5.82 Å². The Labute approximate surface area is 199 Å². The van der Waals surface area contributed by atoms with Gasteiger partial charge >= 0.3 is 0 Å². The first kappa shape index (κ1) is 25.4. The summed E-state index contributed by atoms with van der Waals surface area (Å²) >= 11 is 0. The first-order valence-corrected chi connectivity index (χ1v) is 12.9. The summed E-state index contributed by atoms with van der Waals surface area (Å²) in [6.45, 7) is 10.9. The number of H-pyrrole nitrogens is 2. The van der Waals surface area contributed by atoms with Crippen molar-refractivity contribution < 1.29 is 4.79 Å². The Morgan fingerprint density at radius 3 is 2.36 bits per heavy atom. The van der Waals surface area contributed by atoms with Crippen LogP contribution < -0.4 is 5.32 Å². The van der Waals surface area contributed by atoms with Crippen LogP contribution in [0.15, 0.2) is 24.8 Å². The normalized spacial score (nSPS) is 18.6. The number of carbonyl (C=O) groups excluding carboxylic acids is 1. The summed E-state index contributed by atoms with van der Waals surface area (Å²) in [4.78, 5) is 32.2. The van der Waals surface area contributed by atoms with Crippen LogP contribution in [-0.4, -0.2) is 74.4 Å². The van der Waals surface area contributed by atoms with Gasteiger partial charge in [0.05, 0.1) is 6.54 Å². The number of aromatic amines is 2. The molecule has 0 aliphatic heterocycles. The number of rotatable bonds is 15. The molecule has 2 heterocycles. The molecule has 1 amide bonds. The van der Waals surface area contributed by atoms with Crippen molar-refractivity contribution in [3.63, 3.8) is 0 Å². The highest BCUT2D eigenvalue weighted by molar-refractivity contribution is 5.90. The van der Waals surface area contributed by atoms with Crippen molar-refractivity contribution in [2.75, 3.05) is 32.7 Å². The minimum absolute atomic E-state index is 0.0434. The molecule has 1 aliphatic rings. The van der Waals surface area contributed by atoms with Gasteiger partial charge in [-0.2, -0.15) is 0 Å². The van der Waals surface area contributed by atoms with Crippen LogP contribution in [0.2, 0.25) is 0 Å². The second kappa shape index (κ2) is 14.2. The summed E-state index contributed by atoms with van der Waals surface area (Å²) in [7, 11) is 0. The molecule has 2 aromatic rings. The molecule has 8 nitrogen and oxygen atoms in total. The Morgan fingerprint density at radius 2 is 1.73 bits per heavy atom. The average Bonchev–Trinajstić information content (AvgIpc) is 3.55. The maximum Gasteiger partial charge on any atom is 0.290 e. The van der Waals surface area contributed by atoms with E-state index in [1.165, 1.54) is 45.3 Å². The molecule has 2 aromatic heterocycles. The average molecular weight is 458 g/mol. The molecule has 0 bridgehead atoms. The fraction of sp³-hybridized carbons (Fsp3) is 0.720. The van der Waals surface area contributed by atoms with Gasteiger partial charge in [-0.15, -0.1) is 0 Å². The van der Waals surface area contributed by atoms with Gasteiger partial charge in [0.15, 0.2) is 5.82 Å². The minimum Gasteiger partial charge on any atom is -0.347 e. The van der Waals surface area contributed by atoms with Crippen molar-refractivity contribution >= 4 is 5.91 Å². The van der Waals surface area contributed by atoms with Crippen LogP contribution in [0.4, 0.5) is 0 Å². The van der Waals surface area contributed by atoms with Gasteiger partial charge < -0.3 is 25.1 Å². The van der Waals surface area contributed by atoms with E-state index in [4.69, 9.17) is 0 Å². The van der Waals surface area contributed by atoms with E-state index in [2.05, 4.69) is 44.0 Å². The predicted molar refractivity (Wildman–Crippen MR) is 132 cm³/mol. The first-order chi connectivity index (χ1) is 16.2. The smallest absolute Gasteiger partial charge is 0.290 e. The molecule has 1 saturated carbocycles. The molecule has 8 heteroatoms. The number of amides is 1. The van der Waals surface area contributed by atoms with Gasteiger partial charge in [-0.1, -0.05) is 13.8 Å². The van der Waals surface area contributed by atoms with E-state index in [0.717, 1.165) is 44.6 Å². The van der Waals surface area contributed by atoms with Crippen molar-refractivity contribution in [2.45, 2.75) is 77.8 Å². The summed E-state index contributed by atoms with van der Waals surface area (Å²) in [6.07, 6.45) is 16.2. The molecular weight excluding hydrogens is 414 g/mol. The number of hydrogen-bond donors (Lipinski definition) is 3. The summed E-state index contributed by atoms with van der Waals surface area (Å²) in [5, 5.41) is 3.69. The molecule has 3 N–H and O–H groups in total. The molecule has 33 heavy (non-hydrogen) atoms. The van der Waals surface area contributed by atoms with Crippen LogP contribution in [0, 0.1) is 5.92 Å². The standard InChI is InChI=1S/C25H43N7O/c1-3-16-31(17-4-2)18-6-5-11-26-19-21-7-9-22(10-8-21)32(20-23-27-12-13-28-23)25(33)24-29-14-15-30-24/h12-15,21-22,26H,3-11,16-20H2,1-2H3,(H,27,28)(H,29,30). The van der Waals surface area contributed by atoms with Gasteiger partial charge in [-0.05, 0) is 90.0 Å². The first-order valence-electron chi connectivity index (χ1n) is 12.9. The van der Waals surface area contributed by atoms with E-state index in [0.29, 0.717) is 18.3 Å². The third-order valence-electron chi connectivity index (χ3n) is 6.68. The predicted octanol–water partition coefficient (Wildman–Crippen LogP) is 3.83. The highest BCUT2D eigenvalue weighted by atomic mass is 16.2. The largest absolute Gasteiger partial charge is 0.347 e. The fourth-order valence-electron chi connectivity index (χ4n) is 4.95. The molecule has 184 valence electrons. The number of nitrogens with one attached hydrogen (secondary N) is 3. The Kier molecular flexibility index (Phi) is 10.9. The second-order valence-electron chi connectivity index (χ2n) is 9.33. The molecule has 3 rings (SSSR count). The van der Waals surface area contributed by atoms with E-state index in [9.17, 15) is 4.79 Å². The van der Waals surface area contributed by atoms with Crippen LogP contribution in [0.25, 0.3) is 0 Å². The van der Waals surface area contributed by atoms with Crippen molar-refractivity contribution in [2.24, 2.45) is 5.92 Å². The maximum absolute atomic E-state index is 13.1. The van der Waals surface area contributed by atoms with Crippen LogP contribution in [-0.2, 0) is 6.54 Å². The lowest BCUT2D eigenvalue weighted by atomic mass is 9.85. The lowest BCUT2D eigenvalue weighted by Crippen LogP contribution is -2.43. The third-order valence-corrected chi connectivity index (χ3v) is 6.68. The van der Waals surface area contributed by atoms with Crippen molar-refractivity contribution in [1.29, 1.82) is 0 Å². The Bertz CT molecular complexity index is 748. The minimum atomic E-state index is -0.0434. The van der Waals surface area contributed by atoms with Crippen LogP contribution in [0.1, 0.15) is 81.7 Å². The van der Waals surface area contributed by atoms with Crippen molar-refractivity contribution in [1.82, 2.24) is 35.1 Å². The maximum atomic E-state index is 13.1. The molecular formula is C25H43N7O. The van der Waals surface area contributed by atoms with E-state index < -0.39 is 0 Å². The van der Waals surface area contributed by atoms with Gasteiger partial charge in [0.25, 0.3) is 5.91 Å². The highest BCUT2D eigenvalue weighted by Gasteiger charge is 2.30. The summed E-state index contributed by atoms with van der Waals surface area (Å²) in [5.74, 6) is 1.87. The Morgan fingerprint density at radius 1 is 1.00 bits per heavy atom. The van der Waals surface area contributed by atoms with Gasteiger partial charge in [0, 0.05) is 30.8 Å². The SMILES string of the molecule is CCCN(CCC)CCCCNCC1CCC(N(Cc2ncc[nH]2)C(=O)c2ncc[nH]2)CC1. The number of carbonyl (C=O) groups is 1. The van der Waals surface area contributed by atoms with Gasteiger partial charge in [0.2, 0.25) is 0 Å². The molecule has 0 atom stereocenters. The van der Waals surface area contributed by atoms with Crippen LogP contribution in [0.3, 0.4) is 0 Å². The lowest BCUT2D eigenvalue weighted by Gasteiger charge is -2.36.